The first-order valence-electron chi connectivity index (χ1n) is 8.09. The highest BCUT2D eigenvalue weighted by atomic mass is 16.3. The van der Waals surface area contributed by atoms with Crippen molar-refractivity contribution in [3.05, 3.63) is 59.7 Å². The summed E-state index contributed by atoms with van der Waals surface area (Å²) in [5, 5.41) is 9.70. The summed E-state index contributed by atoms with van der Waals surface area (Å²) >= 11 is 0. The second kappa shape index (κ2) is 7.51. The summed E-state index contributed by atoms with van der Waals surface area (Å²) in [5.41, 5.74) is 4.86. The normalized spacial score (nSPS) is 12.3. The molecule has 3 nitrogen and oxygen atoms in total. The average molecular weight is 312 g/mol. The van der Waals surface area contributed by atoms with Crippen molar-refractivity contribution in [3.63, 3.8) is 0 Å². The fourth-order valence-corrected chi connectivity index (χ4v) is 2.91. The van der Waals surface area contributed by atoms with Crippen molar-refractivity contribution in [2.45, 2.75) is 12.8 Å². The van der Waals surface area contributed by atoms with Gasteiger partial charge in [0.05, 0.1) is 0 Å². The largest absolute Gasteiger partial charge is 0.396 e. The Balaban J connectivity index is 2.36. The second-order valence-corrected chi connectivity index (χ2v) is 6.61. The van der Waals surface area contributed by atoms with Crippen LogP contribution >= 0.6 is 0 Å². The molecule has 0 spiro atoms. The van der Waals surface area contributed by atoms with Gasteiger partial charge in [-0.1, -0.05) is 31.2 Å². The van der Waals surface area contributed by atoms with E-state index in [1.54, 1.807) is 0 Å². The summed E-state index contributed by atoms with van der Waals surface area (Å²) < 4.78 is 0. The molecule has 0 unspecified atom stereocenters. The Morgan fingerprint density at radius 3 is 1.35 bits per heavy atom. The lowest BCUT2D eigenvalue weighted by Gasteiger charge is -2.25. The van der Waals surface area contributed by atoms with Gasteiger partial charge in [0.25, 0.3) is 0 Å². The number of hydrogen-bond acceptors (Lipinski definition) is 3. The molecule has 0 aromatic heterocycles. The molecule has 124 valence electrons. The van der Waals surface area contributed by atoms with E-state index >= 15 is 0 Å². The molecule has 0 heterocycles. The minimum Gasteiger partial charge on any atom is -0.396 e. The molecule has 0 amide bonds. The molecule has 0 saturated heterocycles. The zero-order valence-corrected chi connectivity index (χ0v) is 14.8. The quantitative estimate of drug-likeness (QED) is 0.883. The van der Waals surface area contributed by atoms with E-state index in [-0.39, 0.29) is 18.4 Å². The third kappa shape index (κ3) is 4.05. The van der Waals surface area contributed by atoms with Crippen LogP contribution in [-0.2, 0) is 0 Å². The van der Waals surface area contributed by atoms with Crippen LogP contribution in [0.2, 0.25) is 0 Å². The topological polar surface area (TPSA) is 26.7 Å². The monoisotopic (exact) mass is 312 g/mol. The van der Waals surface area contributed by atoms with Crippen LogP contribution in [0.1, 0.15) is 24.0 Å². The molecule has 0 radical (unpaired) electrons. The first-order valence-corrected chi connectivity index (χ1v) is 8.09. The van der Waals surface area contributed by atoms with E-state index in [0.717, 1.165) is 0 Å². The van der Waals surface area contributed by atoms with Gasteiger partial charge in [-0.2, -0.15) is 0 Å². The average Bonchev–Trinajstić information content (AvgIpc) is 2.55. The Bertz CT molecular complexity index is 551. The molecular formula is C20H28N2O. The van der Waals surface area contributed by atoms with E-state index in [2.05, 4.69) is 65.3 Å². The van der Waals surface area contributed by atoms with Gasteiger partial charge >= 0.3 is 0 Å². The van der Waals surface area contributed by atoms with E-state index in [9.17, 15) is 5.11 Å². The summed E-state index contributed by atoms with van der Waals surface area (Å²) in [4.78, 5) is 4.19. The molecule has 3 heteroatoms. The predicted octanol–water partition coefficient (Wildman–Crippen LogP) is 3.58. The predicted molar refractivity (Wildman–Crippen MR) is 99.6 cm³/mol. The van der Waals surface area contributed by atoms with Crippen LogP contribution in [0, 0.1) is 5.92 Å². The lowest BCUT2D eigenvalue weighted by molar-refractivity contribution is 0.225. The molecule has 0 bridgehead atoms. The highest BCUT2D eigenvalue weighted by Gasteiger charge is 2.21. The van der Waals surface area contributed by atoms with E-state index < -0.39 is 0 Å². The van der Waals surface area contributed by atoms with Gasteiger partial charge in [-0.3, -0.25) is 0 Å². The van der Waals surface area contributed by atoms with Crippen LogP contribution in [0.3, 0.4) is 0 Å². The van der Waals surface area contributed by atoms with Crippen LogP contribution in [0.4, 0.5) is 11.4 Å². The Labute approximate surface area is 140 Å². The molecule has 0 aliphatic carbocycles. The number of rotatable bonds is 6. The standard InChI is InChI=1S/C20H28N2O/c1-15(14-23)20(16-6-10-18(11-7-16)21(2)3)17-8-12-19(13-9-17)22(4)5/h6-13,15,20,23H,14H2,1-5H3/t15-/m0/s1. The summed E-state index contributed by atoms with van der Waals surface area (Å²) in [5.74, 6) is 0.373. The van der Waals surface area contributed by atoms with Gasteiger partial charge in [-0.15, -0.1) is 0 Å². The minimum atomic E-state index is 0.172. The molecule has 0 saturated carbocycles. The van der Waals surface area contributed by atoms with Gasteiger partial charge in [0.15, 0.2) is 0 Å². The highest BCUT2D eigenvalue weighted by Crippen LogP contribution is 2.33. The second-order valence-electron chi connectivity index (χ2n) is 6.61. The Morgan fingerprint density at radius 1 is 0.739 bits per heavy atom. The van der Waals surface area contributed by atoms with E-state index in [1.807, 2.05) is 28.2 Å². The van der Waals surface area contributed by atoms with Crippen LogP contribution < -0.4 is 9.80 Å². The first-order chi connectivity index (χ1) is 10.9. The smallest absolute Gasteiger partial charge is 0.0465 e. The maximum Gasteiger partial charge on any atom is 0.0465 e. The van der Waals surface area contributed by atoms with Crippen LogP contribution in [0.15, 0.2) is 48.5 Å². The van der Waals surface area contributed by atoms with Crippen molar-refractivity contribution >= 4 is 11.4 Å². The third-order valence-corrected chi connectivity index (χ3v) is 4.39. The molecule has 0 aliphatic heterocycles. The van der Waals surface area contributed by atoms with Gasteiger partial charge in [-0.25, -0.2) is 0 Å². The lowest BCUT2D eigenvalue weighted by atomic mass is 9.82. The molecule has 23 heavy (non-hydrogen) atoms. The van der Waals surface area contributed by atoms with E-state index in [4.69, 9.17) is 0 Å². The molecule has 2 aromatic rings. The van der Waals surface area contributed by atoms with E-state index in [0.29, 0.717) is 0 Å². The number of aliphatic hydroxyl groups excluding tert-OH is 1. The van der Waals surface area contributed by atoms with E-state index in [1.165, 1.54) is 22.5 Å². The minimum absolute atomic E-state index is 0.172. The van der Waals surface area contributed by atoms with Crippen molar-refractivity contribution in [1.82, 2.24) is 0 Å². The van der Waals surface area contributed by atoms with Crippen molar-refractivity contribution in [2.75, 3.05) is 44.6 Å². The number of hydrogen-bond donors (Lipinski definition) is 1. The maximum atomic E-state index is 9.70. The number of nitrogens with zero attached hydrogens (tertiary/aromatic N) is 2. The summed E-state index contributed by atoms with van der Waals surface area (Å²) in [6.45, 7) is 2.28. The van der Waals surface area contributed by atoms with Gasteiger partial charge in [0.2, 0.25) is 0 Å². The molecule has 1 N–H and O–H groups in total. The summed E-state index contributed by atoms with van der Waals surface area (Å²) in [7, 11) is 8.18. The summed E-state index contributed by atoms with van der Waals surface area (Å²) in [6.07, 6.45) is 0. The Hall–Kier alpha value is -2.00. The Kier molecular flexibility index (Phi) is 5.67. The fourth-order valence-electron chi connectivity index (χ4n) is 2.91. The SMILES string of the molecule is C[C@@H](CO)C(c1ccc(N(C)C)cc1)c1ccc(N(C)C)cc1. The molecular weight excluding hydrogens is 284 g/mol. The van der Waals surface area contributed by atoms with Crippen molar-refractivity contribution in [3.8, 4) is 0 Å². The number of benzene rings is 2. The highest BCUT2D eigenvalue weighted by molar-refractivity contribution is 5.50. The van der Waals surface area contributed by atoms with Gasteiger partial charge in [0, 0.05) is 52.1 Å². The third-order valence-electron chi connectivity index (χ3n) is 4.39. The Morgan fingerprint density at radius 2 is 1.09 bits per heavy atom. The lowest BCUT2D eigenvalue weighted by Crippen LogP contribution is -2.16. The van der Waals surface area contributed by atoms with Gasteiger partial charge in [0.1, 0.15) is 0 Å². The summed E-state index contributed by atoms with van der Waals surface area (Å²) in [6, 6.07) is 17.2. The van der Waals surface area contributed by atoms with Crippen molar-refractivity contribution in [2.24, 2.45) is 5.92 Å². The van der Waals surface area contributed by atoms with Crippen molar-refractivity contribution in [1.29, 1.82) is 0 Å². The van der Waals surface area contributed by atoms with Crippen LogP contribution in [0.5, 0.6) is 0 Å². The van der Waals surface area contributed by atoms with Crippen LogP contribution in [-0.4, -0.2) is 39.9 Å². The van der Waals surface area contributed by atoms with Gasteiger partial charge < -0.3 is 14.9 Å². The molecule has 0 fully saturated rings. The molecule has 2 rings (SSSR count). The van der Waals surface area contributed by atoms with Crippen LogP contribution in [0.25, 0.3) is 0 Å². The molecule has 2 aromatic carbocycles. The zero-order chi connectivity index (χ0) is 17.0. The maximum absolute atomic E-state index is 9.70. The molecule has 0 aliphatic rings. The van der Waals surface area contributed by atoms with Crippen molar-refractivity contribution < 1.29 is 5.11 Å². The van der Waals surface area contributed by atoms with Gasteiger partial charge in [-0.05, 0) is 41.3 Å². The number of anilines is 2. The first kappa shape index (κ1) is 17.4. The fraction of sp³-hybridized carbons (Fsp3) is 0.400. The zero-order valence-electron chi connectivity index (χ0n) is 14.8. The number of aliphatic hydroxyl groups is 1. The molecule has 1 atom stereocenters.